The Bertz CT molecular complexity index is 309. The fourth-order valence-corrected chi connectivity index (χ4v) is 2.58. The first kappa shape index (κ1) is 19.3. The first-order valence-electron chi connectivity index (χ1n) is 9.12. The van der Waals surface area contributed by atoms with E-state index < -0.39 is 5.60 Å². The highest BCUT2D eigenvalue weighted by molar-refractivity contribution is 5.68. The fourth-order valence-electron chi connectivity index (χ4n) is 2.58. The molecule has 0 aromatic carbocycles. The predicted octanol–water partition coefficient (Wildman–Crippen LogP) is 4.24. The summed E-state index contributed by atoms with van der Waals surface area (Å²) >= 11 is 0. The molecule has 0 aromatic heterocycles. The Labute approximate surface area is 136 Å². The standard InChI is InChI=1S/C18H36N2O2/c1-5-6-7-8-9-10-13-19-14-16(15-11-12-15)20-17(21)22-18(2,3)4/h15-16,19H,5-14H2,1-4H3,(H,20,21). The highest BCUT2D eigenvalue weighted by atomic mass is 16.6. The Morgan fingerprint density at radius 3 is 2.36 bits per heavy atom. The zero-order valence-corrected chi connectivity index (χ0v) is 15.0. The molecular formula is C18H36N2O2. The number of alkyl carbamates (subject to hydrolysis) is 1. The molecule has 1 saturated carbocycles. The van der Waals surface area contributed by atoms with E-state index in [9.17, 15) is 4.79 Å². The number of carbonyl (C=O) groups excluding carboxylic acids is 1. The van der Waals surface area contributed by atoms with Crippen LogP contribution >= 0.6 is 0 Å². The van der Waals surface area contributed by atoms with E-state index in [1.54, 1.807) is 0 Å². The van der Waals surface area contributed by atoms with Gasteiger partial charge in [0.2, 0.25) is 0 Å². The van der Waals surface area contributed by atoms with Crippen LogP contribution in [0.3, 0.4) is 0 Å². The number of unbranched alkanes of at least 4 members (excludes halogenated alkanes) is 5. The van der Waals surface area contributed by atoms with Gasteiger partial charge in [0.05, 0.1) is 0 Å². The Morgan fingerprint density at radius 2 is 1.77 bits per heavy atom. The van der Waals surface area contributed by atoms with Crippen molar-refractivity contribution in [2.75, 3.05) is 13.1 Å². The zero-order chi connectivity index (χ0) is 16.4. The van der Waals surface area contributed by atoms with Crippen molar-refractivity contribution in [1.82, 2.24) is 10.6 Å². The molecule has 4 heteroatoms. The SMILES string of the molecule is CCCCCCCCNCC(NC(=O)OC(C)(C)C)C1CC1. The molecule has 0 spiro atoms. The molecule has 0 bridgehead atoms. The van der Waals surface area contributed by atoms with Crippen LogP contribution in [0.25, 0.3) is 0 Å². The second-order valence-corrected chi connectivity index (χ2v) is 7.56. The first-order chi connectivity index (χ1) is 10.4. The summed E-state index contributed by atoms with van der Waals surface area (Å²) in [6.07, 6.45) is 10.1. The summed E-state index contributed by atoms with van der Waals surface area (Å²) in [7, 11) is 0. The summed E-state index contributed by atoms with van der Waals surface area (Å²) in [5.41, 5.74) is -0.426. The summed E-state index contributed by atoms with van der Waals surface area (Å²) < 4.78 is 5.35. The minimum atomic E-state index is -0.426. The van der Waals surface area contributed by atoms with Gasteiger partial charge in [0.15, 0.2) is 0 Å². The van der Waals surface area contributed by atoms with Crippen molar-refractivity contribution in [3.63, 3.8) is 0 Å². The topological polar surface area (TPSA) is 50.4 Å². The van der Waals surface area contributed by atoms with Crippen molar-refractivity contribution < 1.29 is 9.53 Å². The lowest BCUT2D eigenvalue weighted by Gasteiger charge is -2.24. The maximum Gasteiger partial charge on any atom is 0.407 e. The Morgan fingerprint density at radius 1 is 1.14 bits per heavy atom. The number of ether oxygens (including phenoxy) is 1. The average Bonchev–Trinajstić information content (AvgIpc) is 3.22. The molecule has 0 radical (unpaired) electrons. The van der Waals surface area contributed by atoms with Crippen molar-refractivity contribution in [1.29, 1.82) is 0 Å². The number of carbonyl (C=O) groups is 1. The van der Waals surface area contributed by atoms with Crippen molar-refractivity contribution >= 4 is 6.09 Å². The highest BCUT2D eigenvalue weighted by Gasteiger charge is 2.32. The van der Waals surface area contributed by atoms with E-state index in [0.717, 1.165) is 13.1 Å². The van der Waals surface area contributed by atoms with Crippen LogP contribution in [0.5, 0.6) is 0 Å². The summed E-state index contributed by atoms with van der Waals surface area (Å²) in [6, 6.07) is 0.218. The van der Waals surface area contributed by atoms with E-state index in [-0.39, 0.29) is 12.1 Å². The highest BCUT2D eigenvalue weighted by Crippen LogP contribution is 2.32. The summed E-state index contributed by atoms with van der Waals surface area (Å²) in [6.45, 7) is 9.85. The molecule has 1 atom stereocenters. The van der Waals surface area contributed by atoms with Crippen molar-refractivity contribution in [2.24, 2.45) is 5.92 Å². The molecule has 0 heterocycles. The molecule has 130 valence electrons. The Kier molecular flexibility index (Phi) is 8.84. The largest absolute Gasteiger partial charge is 0.444 e. The molecule has 1 unspecified atom stereocenters. The van der Waals surface area contributed by atoms with Crippen LogP contribution in [-0.4, -0.2) is 30.8 Å². The van der Waals surface area contributed by atoms with Gasteiger partial charge in [-0.15, -0.1) is 0 Å². The molecule has 2 N–H and O–H groups in total. The van der Waals surface area contributed by atoms with Crippen LogP contribution in [0.15, 0.2) is 0 Å². The van der Waals surface area contributed by atoms with E-state index in [1.807, 2.05) is 20.8 Å². The van der Waals surface area contributed by atoms with Crippen molar-refractivity contribution in [3.05, 3.63) is 0 Å². The average molecular weight is 312 g/mol. The van der Waals surface area contributed by atoms with Gasteiger partial charge in [0.1, 0.15) is 5.60 Å². The second kappa shape index (κ2) is 10.1. The van der Waals surface area contributed by atoms with E-state index in [1.165, 1.54) is 51.4 Å². The summed E-state index contributed by atoms with van der Waals surface area (Å²) in [4.78, 5) is 11.9. The van der Waals surface area contributed by atoms with Crippen LogP contribution < -0.4 is 10.6 Å². The fraction of sp³-hybridized carbons (Fsp3) is 0.944. The molecular weight excluding hydrogens is 276 g/mol. The lowest BCUT2D eigenvalue weighted by molar-refractivity contribution is 0.0497. The van der Waals surface area contributed by atoms with Crippen LogP contribution in [0.1, 0.15) is 79.1 Å². The number of hydrogen-bond acceptors (Lipinski definition) is 3. The molecule has 1 amide bonds. The van der Waals surface area contributed by atoms with Gasteiger partial charge in [0, 0.05) is 12.6 Å². The van der Waals surface area contributed by atoms with Crippen LogP contribution in [0.2, 0.25) is 0 Å². The summed E-state index contributed by atoms with van der Waals surface area (Å²) in [5.74, 6) is 0.629. The second-order valence-electron chi connectivity index (χ2n) is 7.56. The van der Waals surface area contributed by atoms with Gasteiger partial charge in [-0.25, -0.2) is 4.79 Å². The van der Waals surface area contributed by atoms with Gasteiger partial charge in [-0.1, -0.05) is 39.0 Å². The Balaban J connectivity index is 2.10. The minimum absolute atomic E-state index is 0.218. The number of amides is 1. The number of hydrogen-bond donors (Lipinski definition) is 2. The minimum Gasteiger partial charge on any atom is -0.444 e. The van der Waals surface area contributed by atoms with Gasteiger partial charge in [0.25, 0.3) is 0 Å². The van der Waals surface area contributed by atoms with Crippen molar-refractivity contribution in [3.8, 4) is 0 Å². The van der Waals surface area contributed by atoms with Gasteiger partial charge < -0.3 is 15.4 Å². The van der Waals surface area contributed by atoms with E-state index >= 15 is 0 Å². The molecule has 0 aromatic rings. The molecule has 0 saturated heterocycles. The van der Waals surface area contributed by atoms with E-state index in [0.29, 0.717) is 5.92 Å². The predicted molar refractivity (Wildman–Crippen MR) is 92.1 cm³/mol. The van der Waals surface area contributed by atoms with E-state index in [4.69, 9.17) is 4.74 Å². The molecule has 1 rings (SSSR count). The Hall–Kier alpha value is -0.770. The maximum atomic E-state index is 11.9. The molecule has 22 heavy (non-hydrogen) atoms. The quantitative estimate of drug-likeness (QED) is 0.561. The third-order valence-electron chi connectivity index (χ3n) is 3.96. The lowest BCUT2D eigenvalue weighted by atomic mass is 10.1. The molecule has 4 nitrogen and oxygen atoms in total. The van der Waals surface area contributed by atoms with Gasteiger partial charge in [-0.3, -0.25) is 0 Å². The lowest BCUT2D eigenvalue weighted by Crippen LogP contribution is -2.45. The first-order valence-corrected chi connectivity index (χ1v) is 9.12. The van der Waals surface area contributed by atoms with Crippen LogP contribution in [0, 0.1) is 5.92 Å². The van der Waals surface area contributed by atoms with Gasteiger partial charge >= 0.3 is 6.09 Å². The number of rotatable bonds is 11. The van der Waals surface area contributed by atoms with Crippen molar-refractivity contribution in [2.45, 2.75) is 90.7 Å². The number of nitrogens with one attached hydrogen (secondary N) is 2. The van der Waals surface area contributed by atoms with Crippen LogP contribution in [-0.2, 0) is 4.74 Å². The van der Waals surface area contributed by atoms with Gasteiger partial charge in [-0.05, 0) is 52.5 Å². The van der Waals surface area contributed by atoms with Crippen LogP contribution in [0.4, 0.5) is 4.79 Å². The molecule has 1 fully saturated rings. The maximum absolute atomic E-state index is 11.9. The summed E-state index contributed by atoms with van der Waals surface area (Å²) in [5, 5.41) is 6.53. The van der Waals surface area contributed by atoms with Gasteiger partial charge in [-0.2, -0.15) is 0 Å². The smallest absolute Gasteiger partial charge is 0.407 e. The molecule has 0 aliphatic heterocycles. The zero-order valence-electron chi connectivity index (χ0n) is 15.0. The third-order valence-corrected chi connectivity index (χ3v) is 3.96. The normalized spacial score (nSPS) is 16.4. The van der Waals surface area contributed by atoms with E-state index in [2.05, 4.69) is 17.6 Å². The third kappa shape index (κ3) is 10.0. The monoisotopic (exact) mass is 312 g/mol. The molecule has 1 aliphatic rings. The molecule has 1 aliphatic carbocycles.